The fourth-order valence-corrected chi connectivity index (χ4v) is 1.76. The van der Waals surface area contributed by atoms with Crippen molar-refractivity contribution in [2.24, 2.45) is 0 Å². The Balaban J connectivity index is 2.44. The van der Waals surface area contributed by atoms with E-state index in [0.717, 1.165) is 4.90 Å². The minimum Gasteiger partial charge on any atom is -0.480 e. The van der Waals surface area contributed by atoms with Crippen LogP contribution >= 0.6 is 0 Å². The zero-order valence-corrected chi connectivity index (χ0v) is 9.43. The van der Waals surface area contributed by atoms with E-state index in [9.17, 15) is 14.7 Å². The van der Waals surface area contributed by atoms with E-state index in [1.165, 1.54) is 0 Å². The maximum Gasteiger partial charge on any atom is 0.326 e. The maximum absolute atomic E-state index is 11.7. The lowest BCUT2D eigenvalue weighted by atomic mass is 10.2. The number of aliphatic carboxylic acids is 1. The molecule has 6 heteroatoms. The SMILES string of the molecule is C#CCCCNC(=O)N1C[C@@H](O)C[C@H]1C(=O)O. The number of hydrogen-bond donors (Lipinski definition) is 3. The average Bonchev–Trinajstić information content (AvgIpc) is 2.66. The normalized spacial score (nSPS) is 23.2. The minimum absolute atomic E-state index is 0.0535. The average molecular weight is 240 g/mol. The number of hydrogen-bond acceptors (Lipinski definition) is 3. The summed E-state index contributed by atoms with van der Waals surface area (Å²) in [6.45, 7) is 0.458. The van der Waals surface area contributed by atoms with E-state index < -0.39 is 24.1 Å². The third kappa shape index (κ3) is 3.64. The minimum atomic E-state index is -1.10. The number of rotatable bonds is 4. The first-order valence-electron chi connectivity index (χ1n) is 5.45. The van der Waals surface area contributed by atoms with Crippen molar-refractivity contribution in [3.8, 4) is 12.3 Å². The number of aliphatic hydroxyl groups excluding tert-OH is 1. The van der Waals surface area contributed by atoms with Gasteiger partial charge in [-0.3, -0.25) is 0 Å². The molecule has 1 saturated heterocycles. The summed E-state index contributed by atoms with van der Waals surface area (Å²) < 4.78 is 0. The lowest BCUT2D eigenvalue weighted by Crippen LogP contribution is -2.46. The van der Waals surface area contributed by atoms with Crippen molar-refractivity contribution in [1.82, 2.24) is 10.2 Å². The standard InChI is InChI=1S/C11H16N2O4/c1-2-3-4-5-12-11(17)13-7-8(14)6-9(13)10(15)16/h1,8-9,14H,3-7H2,(H,12,17)(H,15,16)/t8-,9-/m0/s1. The van der Waals surface area contributed by atoms with Gasteiger partial charge in [-0.05, 0) is 6.42 Å². The van der Waals surface area contributed by atoms with Gasteiger partial charge in [0.25, 0.3) is 0 Å². The van der Waals surface area contributed by atoms with Gasteiger partial charge in [0.2, 0.25) is 0 Å². The van der Waals surface area contributed by atoms with Gasteiger partial charge in [-0.2, -0.15) is 0 Å². The van der Waals surface area contributed by atoms with E-state index in [-0.39, 0.29) is 13.0 Å². The van der Waals surface area contributed by atoms with Crippen LogP contribution < -0.4 is 5.32 Å². The number of carboxylic acids is 1. The molecule has 3 N–H and O–H groups in total. The van der Waals surface area contributed by atoms with Gasteiger partial charge in [0.15, 0.2) is 0 Å². The number of carboxylic acid groups (broad SMARTS) is 1. The van der Waals surface area contributed by atoms with Crippen molar-refractivity contribution in [1.29, 1.82) is 0 Å². The number of terminal acetylenes is 1. The van der Waals surface area contributed by atoms with Gasteiger partial charge < -0.3 is 20.4 Å². The molecule has 0 spiro atoms. The number of unbranched alkanes of at least 4 members (excludes halogenated alkanes) is 1. The molecule has 17 heavy (non-hydrogen) atoms. The zero-order valence-electron chi connectivity index (χ0n) is 9.43. The summed E-state index contributed by atoms with van der Waals surface area (Å²) >= 11 is 0. The Hall–Kier alpha value is -1.74. The Morgan fingerprint density at radius 3 is 2.82 bits per heavy atom. The Labute approximate surface area is 99.6 Å². The van der Waals surface area contributed by atoms with E-state index in [2.05, 4.69) is 11.2 Å². The number of nitrogens with zero attached hydrogens (tertiary/aromatic N) is 1. The summed E-state index contributed by atoms with van der Waals surface area (Å²) in [6.07, 6.45) is 5.58. The van der Waals surface area contributed by atoms with Crippen LogP contribution in [0.2, 0.25) is 0 Å². The molecule has 1 heterocycles. The number of nitrogens with one attached hydrogen (secondary N) is 1. The van der Waals surface area contributed by atoms with Gasteiger partial charge in [-0.25, -0.2) is 9.59 Å². The van der Waals surface area contributed by atoms with Gasteiger partial charge in [0, 0.05) is 25.9 Å². The molecule has 94 valence electrons. The van der Waals surface area contributed by atoms with Crippen LogP contribution in [-0.4, -0.2) is 52.3 Å². The van der Waals surface area contributed by atoms with E-state index >= 15 is 0 Å². The Morgan fingerprint density at radius 2 is 2.24 bits per heavy atom. The van der Waals surface area contributed by atoms with Gasteiger partial charge in [-0.1, -0.05) is 0 Å². The van der Waals surface area contributed by atoms with Crippen LogP contribution in [0.3, 0.4) is 0 Å². The summed E-state index contributed by atoms with van der Waals surface area (Å²) in [5.41, 5.74) is 0. The topological polar surface area (TPSA) is 89.9 Å². The molecule has 0 aromatic rings. The highest BCUT2D eigenvalue weighted by Gasteiger charge is 2.38. The molecule has 2 amide bonds. The summed E-state index contributed by atoms with van der Waals surface area (Å²) in [5, 5.41) is 20.8. The number of urea groups is 1. The number of aliphatic hydroxyl groups is 1. The molecule has 1 fully saturated rings. The molecule has 0 aliphatic carbocycles. The van der Waals surface area contributed by atoms with Crippen LogP contribution in [0.4, 0.5) is 4.79 Å². The van der Waals surface area contributed by atoms with Gasteiger partial charge in [0.1, 0.15) is 6.04 Å². The van der Waals surface area contributed by atoms with Crippen LogP contribution in [0, 0.1) is 12.3 Å². The molecule has 1 aliphatic heterocycles. The molecular weight excluding hydrogens is 224 g/mol. The molecule has 0 bridgehead atoms. The summed E-state index contributed by atoms with van der Waals surface area (Å²) in [7, 11) is 0. The fourth-order valence-electron chi connectivity index (χ4n) is 1.76. The number of carbonyl (C=O) groups is 2. The first kappa shape index (κ1) is 13.3. The quantitative estimate of drug-likeness (QED) is 0.462. The molecule has 1 aliphatic rings. The van der Waals surface area contributed by atoms with Crippen LogP contribution in [0.25, 0.3) is 0 Å². The predicted molar refractivity (Wildman–Crippen MR) is 60.2 cm³/mol. The third-order valence-corrected chi connectivity index (χ3v) is 2.60. The smallest absolute Gasteiger partial charge is 0.326 e. The summed E-state index contributed by atoms with van der Waals surface area (Å²) in [4.78, 5) is 23.7. The lowest BCUT2D eigenvalue weighted by Gasteiger charge is -2.21. The number of amides is 2. The van der Waals surface area contributed by atoms with Gasteiger partial charge in [0.05, 0.1) is 6.10 Å². The molecule has 2 atom stereocenters. The molecule has 0 radical (unpaired) electrons. The van der Waals surface area contributed by atoms with Crippen LogP contribution in [-0.2, 0) is 4.79 Å². The fraction of sp³-hybridized carbons (Fsp3) is 0.636. The Kier molecular flexibility index (Phi) is 4.79. The first-order valence-corrected chi connectivity index (χ1v) is 5.45. The van der Waals surface area contributed by atoms with Gasteiger partial charge >= 0.3 is 12.0 Å². The second-order valence-electron chi connectivity index (χ2n) is 3.94. The molecule has 0 aromatic carbocycles. The van der Waals surface area contributed by atoms with Crippen molar-refractivity contribution < 1.29 is 19.8 Å². The predicted octanol–water partition coefficient (Wildman–Crippen LogP) is -0.371. The van der Waals surface area contributed by atoms with Crippen molar-refractivity contribution in [3.63, 3.8) is 0 Å². The van der Waals surface area contributed by atoms with E-state index in [1.54, 1.807) is 0 Å². The largest absolute Gasteiger partial charge is 0.480 e. The van der Waals surface area contributed by atoms with Crippen molar-refractivity contribution in [3.05, 3.63) is 0 Å². The maximum atomic E-state index is 11.7. The van der Waals surface area contributed by atoms with Crippen LogP contribution in [0.5, 0.6) is 0 Å². The third-order valence-electron chi connectivity index (χ3n) is 2.60. The van der Waals surface area contributed by atoms with Crippen molar-refractivity contribution in [2.75, 3.05) is 13.1 Å². The number of β-amino-alcohol motifs (C(OH)–C–C–N with tert-alkyl or cyclic N) is 1. The Bertz CT molecular complexity index is 337. The van der Waals surface area contributed by atoms with E-state index in [0.29, 0.717) is 19.4 Å². The highest BCUT2D eigenvalue weighted by atomic mass is 16.4. The summed E-state index contributed by atoms with van der Waals surface area (Å²) in [6, 6.07) is -1.41. The molecular formula is C11H16N2O4. The highest BCUT2D eigenvalue weighted by molar-refractivity contribution is 5.83. The number of likely N-dealkylation sites (tertiary alicyclic amines) is 1. The van der Waals surface area contributed by atoms with Crippen molar-refractivity contribution in [2.45, 2.75) is 31.4 Å². The summed E-state index contributed by atoms with van der Waals surface area (Å²) in [5.74, 6) is 1.35. The van der Waals surface area contributed by atoms with E-state index in [1.807, 2.05) is 0 Å². The van der Waals surface area contributed by atoms with Crippen LogP contribution in [0.1, 0.15) is 19.3 Å². The highest BCUT2D eigenvalue weighted by Crippen LogP contribution is 2.17. The second kappa shape index (κ2) is 6.11. The molecule has 0 saturated carbocycles. The lowest BCUT2D eigenvalue weighted by molar-refractivity contribution is -0.141. The Morgan fingerprint density at radius 1 is 1.53 bits per heavy atom. The monoisotopic (exact) mass is 240 g/mol. The second-order valence-corrected chi connectivity index (χ2v) is 3.94. The van der Waals surface area contributed by atoms with Crippen LogP contribution in [0.15, 0.2) is 0 Å². The molecule has 0 unspecified atom stereocenters. The molecule has 6 nitrogen and oxygen atoms in total. The zero-order chi connectivity index (χ0) is 12.8. The van der Waals surface area contributed by atoms with E-state index in [4.69, 9.17) is 11.5 Å². The first-order chi connectivity index (χ1) is 8.06. The molecule has 1 rings (SSSR count). The van der Waals surface area contributed by atoms with Crippen molar-refractivity contribution >= 4 is 12.0 Å². The molecule has 0 aromatic heterocycles. The number of carbonyl (C=O) groups excluding carboxylic acids is 1. The van der Waals surface area contributed by atoms with Gasteiger partial charge in [-0.15, -0.1) is 12.3 Å².